The Labute approximate surface area is 291 Å². The number of benzene rings is 3. The lowest BCUT2D eigenvalue weighted by molar-refractivity contribution is -0.137. The summed E-state index contributed by atoms with van der Waals surface area (Å²) in [5.74, 6) is 1.52. The van der Waals surface area contributed by atoms with Gasteiger partial charge >= 0.3 is 6.18 Å². The summed E-state index contributed by atoms with van der Waals surface area (Å²) in [6.45, 7) is 3.74. The van der Waals surface area contributed by atoms with Crippen molar-refractivity contribution in [1.82, 2.24) is 24.6 Å². The summed E-state index contributed by atoms with van der Waals surface area (Å²) in [7, 11) is 2.17. The number of aromatic nitrogens is 3. The van der Waals surface area contributed by atoms with Gasteiger partial charge in [-0.2, -0.15) is 22.8 Å². The highest BCUT2D eigenvalue weighted by Gasteiger charge is 2.30. The molecule has 13 heteroatoms. The van der Waals surface area contributed by atoms with E-state index < -0.39 is 11.7 Å². The van der Waals surface area contributed by atoms with Crippen LogP contribution in [0.4, 0.5) is 18.3 Å². The first-order valence-electron chi connectivity index (χ1n) is 15.8. The van der Waals surface area contributed by atoms with Gasteiger partial charge in [-0.1, -0.05) is 18.2 Å². The molecule has 6 rings (SSSR count). The molecule has 8 nitrogen and oxygen atoms in total. The third-order valence-corrected chi connectivity index (χ3v) is 9.91. The van der Waals surface area contributed by atoms with Gasteiger partial charge < -0.3 is 19.7 Å². The van der Waals surface area contributed by atoms with Gasteiger partial charge in [0.05, 0.1) is 16.8 Å². The van der Waals surface area contributed by atoms with Crippen molar-refractivity contribution in [2.45, 2.75) is 36.9 Å². The zero-order valence-corrected chi connectivity index (χ0v) is 28.3. The number of pyridine rings is 1. The lowest BCUT2D eigenvalue weighted by Crippen LogP contribution is -2.31. The van der Waals surface area contributed by atoms with Crippen molar-refractivity contribution in [1.29, 1.82) is 5.26 Å². The summed E-state index contributed by atoms with van der Waals surface area (Å²) >= 11 is 2.52. The molecule has 1 aliphatic heterocycles. The van der Waals surface area contributed by atoms with Crippen LogP contribution in [-0.2, 0) is 12.7 Å². The summed E-state index contributed by atoms with van der Waals surface area (Å²) in [4.78, 5) is 11.8. The number of nitrogens with zero attached hydrogens (tertiary/aromatic N) is 5. The molecule has 0 amide bonds. The van der Waals surface area contributed by atoms with Crippen molar-refractivity contribution in [2.75, 3.05) is 31.4 Å². The number of hydrogen-bond donors (Lipinski definition) is 2. The number of hydrogen-bond acceptors (Lipinski definition) is 10. The fraction of sp³-hybridized carbons (Fsp3) is 0.278. The van der Waals surface area contributed by atoms with Gasteiger partial charge in [0.2, 0.25) is 5.13 Å². The topological polar surface area (TPSA) is 99.0 Å². The molecule has 5 aromatic rings. The zero-order chi connectivity index (χ0) is 34.2. The van der Waals surface area contributed by atoms with E-state index in [1.54, 1.807) is 36.5 Å². The molecule has 2 aromatic heterocycles. The molecule has 0 spiro atoms. The van der Waals surface area contributed by atoms with E-state index in [-0.39, 0.29) is 0 Å². The van der Waals surface area contributed by atoms with Crippen molar-refractivity contribution < 1.29 is 17.9 Å². The molecule has 3 aromatic carbocycles. The van der Waals surface area contributed by atoms with Crippen LogP contribution in [0.5, 0.6) is 11.5 Å². The lowest BCUT2D eigenvalue weighted by Gasteiger charge is -2.28. The number of piperidine rings is 1. The number of halogens is 3. The van der Waals surface area contributed by atoms with Crippen molar-refractivity contribution >= 4 is 28.6 Å². The van der Waals surface area contributed by atoms with Crippen LogP contribution in [0.25, 0.3) is 22.3 Å². The minimum atomic E-state index is -4.47. The molecule has 0 bridgehead atoms. The average Bonchev–Trinajstić information content (AvgIpc) is 3.64. The van der Waals surface area contributed by atoms with E-state index in [0.29, 0.717) is 45.4 Å². The quantitative estimate of drug-likeness (QED) is 0.0976. The van der Waals surface area contributed by atoms with Crippen LogP contribution in [-0.4, -0.2) is 45.9 Å². The SMILES string of the molecule is CN1CCC(CCNCc2cc(-c3cc(-c4cccc(C(F)(F)F)c4)ccc3Oc3ccc(SNc4ncns4)cc3C#N)ccn2)CC1. The average molecular weight is 702 g/mol. The highest BCUT2D eigenvalue weighted by molar-refractivity contribution is 8.00. The van der Waals surface area contributed by atoms with Crippen LogP contribution < -0.4 is 14.8 Å². The number of anilines is 1. The Morgan fingerprint density at radius 2 is 1.80 bits per heavy atom. The number of alkyl halides is 3. The molecule has 3 heterocycles. The van der Waals surface area contributed by atoms with Gasteiger partial charge in [0.15, 0.2) is 0 Å². The molecule has 252 valence electrons. The lowest BCUT2D eigenvalue weighted by atomic mass is 9.94. The van der Waals surface area contributed by atoms with Crippen molar-refractivity contribution in [3.63, 3.8) is 0 Å². The van der Waals surface area contributed by atoms with Crippen LogP contribution in [0, 0.1) is 17.2 Å². The largest absolute Gasteiger partial charge is 0.455 e. The molecule has 0 radical (unpaired) electrons. The first kappa shape index (κ1) is 34.4. The molecular formula is C36H34F3N7OS2. The maximum Gasteiger partial charge on any atom is 0.416 e. The van der Waals surface area contributed by atoms with Crippen LogP contribution in [0.15, 0.2) is 90.2 Å². The highest BCUT2D eigenvalue weighted by Crippen LogP contribution is 2.40. The smallest absolute Gasteiger partial charge is 0.416 e. The molecule has 0 aliphatic carbocycles. The Kier molecular flexibility index (Phi) is 11.1. The van der Waals surface area contributed by atoms with Crippen molar-refractivity contribution in [2.24, 2.45) is 5.92 Å². The van der Waals surface area contributed by atoms with E-state index in [9.17, 15) is 18.4 Å². The Bertz CT molecular complexity index is 1910. The number of likely N-dealkylation sites (tertiary alicyclic amines) is 1. The second kappa shape index (κ2) is 15.8. The Morgan fingerprint density at radius 3 is 2.57 bits per heavy atom. The van der Waals surface area contributed by atoms with E-state index in [0.717, 1.165) is 60.3 Å². The fourth-order valence-corrected chi connectivity index (χ4v) is 6.84. The number of nitrogens with one attached hydrogen (secondary N) is 2. The third kappa shape index (κ3) is 9.16. The Morgan fingerprint density at radius 1 is 0.980 bits per heavy atom. The van der Waals surface area contributed by atoms with Crippen LogP contribution >= 0.6 is 23.5 Å². The molecule has 1 saturated heterocycles. The number of ether oxygens (including phenoxy) is 1. The fourth-order valence-electron chi connectivity index (χ4n) is 5.70. The van der Waals surface area contributed by atoms with Gasteiger partial charge in [0.25, 0.3) is 0 Å². The molecule has 1 aliphatic rings. The standard InChI is InChI=1S/C36H34F3N7OS2/c1-46-15-11-24(12-16-46)9-13-41-22-30-18-27(10-14-42-30)32-20-26(25-3-2-4-29(17-25)36(37,38)39)5-7-34(32)47-33-8-6-31(19-28(33)21-40)48-45-35-43-23-44-49-35/h2-8,10,14,17-20,23-24,41H,9,11-13,15-16,22H2,1H3,(H,43,44,45). The van der Waals surface area contributed by atoms with Crippen molar-refractivity contribution in [3.8, 4) is 39.8 Å². The zero-order valence-electron chi connectivity index (χ0n) is 26.7. The summed E-state index contributed by atoms with van der Waals surface area (Å²) in [5.41, 5.74) is 2.90. The normalized spacial score (nSPS) is 14.0. The van der Waals surface area contributed by atoms with Gasteiger partial charge in [-0.25, -0.2) is 4.98 Å². The predicted molar refractivity (Wildman–Crippen MR) is 187 cm³/mol. The summed E-state index contributed by atoms with van der Waals surface area (Å²) in [5, 5.41) is 14.2. The summed E-state index contributed by atoms with van der Waals surface area (Å²) < 4.78 is 54.2. The summed E-state index contributed by atoms with van der Waals surface area (Å²) in [6.07, 6.45) is 2.26. The maximum atomic E-state index is 13.6. The van der Waals surface area contributed by atoms with Gasteiger partial charge in [-0.3, -0.25) is 4.98 Å². The molecule has 0 atom stereocenters. The second-order valence-electron chi connectivity index (χ2n) is 11.9. The second-order valence-corrected chi connectivity index (χ2v) is 13.5. The van der Waals surface area contributed by atoms with Gasteiger partial charge in [-0.05, 0) is 135 Å². The molecule has 49 heavy (non-hydrogen) atoms. The van der Waals surface area contributed by atoms with Gasteiger partial charge in [0, 0.05) is 34.7 Å². The van der Waals surface area contributed by atoms with Gasteiger partial charge in [0.1, 0.15) is 23.9 Å². The van der Waals surface area contributed by atoms with E-state index in [4.69, 9.17) is 4.74 Å². The minimum Gasteiger partial charge on any atom is -0.455 e. The van der Waals surface area contributed by atoms with E-state index in [1.165, 1.54) is 48.7 Å². The molecule has 0 unspecified atom stereocenters. The minimum absolute atomic E-state index is 0.321. The third-order valence-electron chi connectivity index (χ3n) is 8.41. The van der Waals surface area contributed by atoms with Crippen LogP contribution in [0.2, 0.25) is 0 Å². The first-order valence-corrected chi connectivity index (χ1v) is 17.4. The van der Waals surface area contributed by atoms with E-state index in [1.807, 2.05) is 24.3 Å². The number of nitriles is 1. The predicted octanol–water partition coefficient (Wildman–Crippen LogP) is 8.89. The Balaban J connectivity index is 1.26. The number of rotatable bonds is 12. The monoisotopic (exact) mass is 701 g/mol. The first-order chi connectivity index (χ1) is 23.7. The van der Waals surface area contributed by atoms with E-state index >= 15 is 0 Å². The van der Waals surface area contributed by atoms with Crippen LogP contribution in [0.1, 0.15) is 36.1 Å². The highest BCUT2D eigenvalue weighted by atomic mass is 32.2. The molecule has 2 N–H and O–H groups in total. The maximum absolute atomic E-state index is 13.6. The van der Waals surface area contributed by atoms with E-state index in [2.05, 4.69) is 42.4 Å². The Hall–Kier alpha value is -4.48. The van der Waals surface area contributed by atoms with Crippen molar-refractivity contribution in [3.05, 3.63) is 102 Å². The molecule has 1 fully saturated rings. The van der Waals surface area contributed by atoms with Crippen LogP contribution in [0.3, 0.4) is 0 Å². The van der Waals surface area contributed by atoms with Gasteiger partial charge in [-0.15, -0.1) is 0 Å². The molecule has 0 saturated carbocycles. The molecular weight excluding hydrogens is 668 g/mol. The summed E-state index contributed by atoms with van der Waals surface area (Å²) in [6, 6.07) is 21.8.